The van der Waals surface area contributed by atoms with Gasteiger partial charge >= 0.3 is 0 Å². The summed E-state index contributed by atoms with van der Waals surface area (Å²) < 4.78 is 25.9. The van der Waals surface area contributed by atoms with E-state index in [4.69, 9.17) is 10.7 Å². The maximum absolute atomic E-state index is 11.5. The van der Waals surface area contributed by atoms with Crippen LogP contribution in [-0.2, 0) is 22.1 Å². The van der Waals surface area contributed by atoms with Crippen LogP contribution in [-0.4, -0.2) is 37.9 Å². The van der Waals surface area contributed by atoms with E-state index in [-0.39, 0.29) is 17.6 Å². The monoisotopic (exact) mass is 304 g/mol. The number of halogens is 1. The van der Waals surface area contributed by atoms with Crippen LogP contribution in [0.4, 0.5) is 0 Å². The molecule has 0 amide bonds. The molecule has 0 spiro atoms. The van der Waals surface area contributed by atoms with Gasteiger partial charge in [0.2, 0.25) is 0 Å². The Morgan fingerprint density at radius 3 is 2.63 bits per heavy atom. The Morgan fingerprint density at radius 1 is 1.37 bits per heavy atom. The van der Waals surface area contributed by atoms with Crippen molar-refractivity contribution in [1.82, 2.24) is 29.5 Å². The molecular formula is C9H13ClN6O2S. The molecule has 0 aromatic carbocycles. The highest BCUT2D eigenvalue weighted by Crippen LogP contribution is 2.16. The van der Waals surface area contributed by atoms with E-state index >= 15 is 0 Å². The van der Waals surface area contributed by atoms with Crippen LogP contribution in [0.15, 0.2) is 17.8 Å². The molecule has 0 saturated heterocycles. The molecule has 104 valence electrons. The third-order valence-corrected chi connectivity index (χ3v) is 3.48. The van der Waals surface area contributed by atoms with Gasteiger partial charge in [0.05, 0.1) is 0 Å². The molecule has 8 nitrogen and oxygen atoms in total. The van der Waals surface area contributed by atoms with Gasteiger partial charge < -0.3 is 0 Å². The van der Waals surface area contributed by atoms with E-state index in [9.17, 15) is 8.42 Å². The van der Waals surface area contributed by atoms with Gasteiger partial charge in [-0.05, 0) is 5.92 Å². The molecule has 0 saturated carbocycles. The third kappa shape index (κ3) is 3.29. The average Bonchev–Trinajstić information content (AvgIpc) is 2.88. The Balaban J connectivity index is 2.41. The summed E-state index contributed by atoms with van der Waals surface area (Å²) in [5.41, 5.74) is 0. The lowest BCUT2D eigenvalue weighted by molar-refractivity contribution is 0.463. The highest BCUT2D eigenvalue weighted by Gasteiger charge is 2.23. The van der Waals surface area contributed by atoms with Crippen molar-refractivity contribution in [3.8, 4) is 0 Å². The fraction of sp³-hybridized carbons (Fsp3) is 0.556. The first kappa shape index (κ1) is 13.9. The summed E-state index contributed by atoms with van der Waals surface area (Å²) in [6.07, 6.45) is 2.91. The SMILES string of the molecule is CC(C)Cn1c(Cn2cncn2)nnc1S(=O)(=O)Cl. The third-order valence-electron chi connectivity index (χ3n) is 2.33. The van der Waals surface area contributed by atoms with Gasteiger partial charge in [-0.25, -0.2) is 18.1 Å². The summed E-state index contributed by atoms with van der Waals surface area (Å²) in [5.74, 6) is 0.695. The maximum Gasteiger partial charge on any atom is 0.296 e. The molecule has 10 heteroatoms. The minimum absolute atomic E-state index is 0.225. The van der Waals surface area contributed by atoms with Crippen molar-refractivity contribution in [2.75, 3.05) is 0 Å². The van der Waals surface area contributed by atoms with Gasteiger partial charge in [0, 0.05) is 17.2 Å². The standard InChI is InChI=1S/C9H13ClN6O2S/c1-7(2)3-16-8(4-15-6-11-5-12-15)13-14-9(16)19(10,17)18/h5-7H,3-4H2,1-2H3. The minimum atomic E-state index is -3.92. The Labute approximate surface area is 114 Å². The Kier molecular flexibility index (Phi) is 3.85. The fourth-order valence-electron chi connectivity index (χ4n) is 1.62. The molecular weight excluding hydrogens is 292 g/mol. The first-order chi connectivity index (χ1) is 8.88. The van der Waals surface area contributed by atoms with Crippen molar-refractivity contribution >= 4 is 19.7 Å². The van der Waals surface area contributed by atoms with Crippen LogP contribution < -0.4 is 0 Å². The summed E-state index contributed by atoms with van der Waals surface area (Å²) in [6.45, 7) is 4.66. The first-order valence-electron chi connectivity index (χ1n) is 5.57. The summed E-state index contributed by atoms with van der Waals surface area (Å²) in [4.78, 5) is 3.81. The van der Waals surface area contributed by atoms with Crippen LogP contribution in [0.5, 0.6) is 0 Å². The molecule has 0 unspecified atom stereocenters. The molecule has 0 aliphatic rings. The molecule has 0 fully saturated rings. The molecule has 2 rings (SSSR count). The van der Waals surface area contributed by atoms with Gasteiger partial charge in [0.15, 0.2) is 5.82 Å². The van der Waals surface area contributed by atoms with Gasteiger partial charge in [-0.3, -0.25) is 4.57 Å². The van der Waals surface area contributed by atoms with Crippen LogP contribution in [0, 0.1) is 5.92 Å². The lowest BCUT2D eigenvalue weighted by Crippen LogP contribution is -2.15. The van der Waals surface area contributed by atoms with Gasteiger partial charge in [-0.2, -0.15) is 5.10 Å². The second-order valence-electron chi connectivity index (χ2n) is 4.43. The van der Waals surface area contributed by atoms with E-state index in [1.165, 1.54) is 21.9 Å². The van der Waals surface area contributed by atoms with Crippen molar-refractivity contribution in [1.29, 1.82) is 0 Å². The molecule has 0 aliphatic carbocycles. The van der Waals surface area contributed by atoms with Crippen LogP contribution in [0.1, 0.15) is 19.7 Å². The predicted octanol–water partition coefficient (Wildman–Crippen LogP) is 0.501. The van der Waals surface area contributed by atoms with Crippen LogP contribution >= 0.6 is 10.7 Å². The lowest BCUT2D eigenvalue weighted by Gasteiger charge is -2.11. The molecule has 0 aliphatic heterocycles. The fourth-order valence-corrected chi connectivity index (χ4v) is 2.55. The van der Waals surface area contributed by atoms with Crippen molar-refractivity contribution in [3.63, 3.8) is 0 Å². The summed E-state index contributed by atoms with van der Waals surface area (Å²) >= 11 is 0. The van der Waals surface area contributed by atoms with E-state index in [1.54, 1.807) is 0 Å². The number of nitrogens with zero attached hydrogens (tertiary/aromatic N) is 6. The van der Waals surface area contributed by atoms with E-state index < -0.39 is 9.05 Å². The molecule has 2 aromatic heterocycles. The van der Waals surface area contributed by atoms with E-state index in [0.29, 0.717) is 12.4 Å². The highest BCUT2D eigenvalue weighted by atomic mass is 35.7. The van der Waals surface area contributed by atoms with E-state index in [1.807, 2.05) is 13.8 Å². The van der Waals surface area contributed by atoms with Crippen molar-refractivity contribution in [2.45, 2.75) is 32.1 Å². The molecule has 0 bridgehead atoms. The second-order valence-corrected chi connectivity index (χ2v) is 6.89. The molecule has 0 N–H and O–H groups in total. The quantitative estimate of drug-likeness (QED) is 0.746. The molecule has 0 radical (unpaired) electrons. The maximum atomic E-state index is 11.5. The van der Waals surface area contributed by atoms with Crippen LogP contribution in [0.25, 0.3) is 0 Å². The summed E-state index contributed by atoms with van der Waals surface area (Å²) in [7, 11) is 1.44. The topological polar surface area (TPSA) is 95.6 Å². The van der Waals surface area contributed by atoms with Gasteiger partial charge in [-0.15, -0.1) is 10.2 Å². The summed E-state index contributed by atoms with van der Waals surface area (Å²) in [6, 6.07) is 0. The molecule has 2 aromatic rings. The normalized spacial score (nSPS) is 12.2. The predicted molar refractivity (Wildman–Crippen MR) is 67.0 cm³/mol. The van der Waals surface area contributed by atoms with E-state index in [0.717, 1.165) is 0 Å². The van der Waals surface area contributed by atoms with Gasteiger partial charge in [-0.1, -0.05) is 13.8 Å². The Bertz CT molecular complexity index is 648. The van der Waals surface area contributed by atoms with Crippen molar-refractivity contribution in [2.24, 2.45) is 5.92 Å². The zero-order valence-corrected chi connectivity index (χ0v) is 12.0. The molecule has 2 heterocycles. The zero-order valence-electron chi connectivity index (χ0n) is 10.4. The van der Waals surface area contributed by atoms with Crippen LogP contribution in [0.2, 0.25) is 0 Å². The van der Waals surface area contributed by atoms with Gasteiger partial charge in [0.1, 0.15) is 19.2 Å². The molecule has 0 atom stereocenters. The first-order valence-corrected chi connectivity index (χ1v) is 7.88. The summed E-state index contributed by atoms with van der Waals surface area (Å²) in [5, 5.41) is 11.2. The highest BCUT2D eigenvalue weighted by molar-refractivity contribution is 8.13. The number of rotatable bonds is 5. The molecule has 19 heavy (non-hydrogen) atoms. The Morgan fingerprint density at radius 2 is 2.11 bits per heavy atom. The number of hydrogen-bond donors (Lipinski definition) is 0. The van der Waals surface area contributed by atoms with E-state index in [2.05, 4.69) is 20.3 Å². The largest absolute Gasteiger partial charge is 0.299 e. The average molecular weight is 305 g/mol. The minimum Gasteiger partial charge on any atom is -0.299 e. The second kappa shape index (κ2) is 5.25. The zero-order chi connectivity index (χ0) is 14.0. The van der Waals surface area contributed by atoms with Crippen molar-refractivity contribution < 1.29 is 8.42 Å². The number of hydrogen-bond acceptors (Lipinski definition) is 6. The smallest absolute Gasteiger partial charge is 0.296 e. The van der Waals surface area contributed by atoms with Crippen LogP contribution in [0.3, 0.4) is 0 Å². The lowest BCUT2D eigenvalue weighted by atomic mass is 10.2. The Hall–Kier alpha value is -1.48. The van der Waals surface area contributed by atoms with Crippen molar-refractivity contribution in [3.05, 3.63) is 18.5 Å². The van der Waals surface area contributed by atoms with Gasteiger partial charge in [0.25, 0.3) is 14.2 Å². The number of aromatic nitrogens is 6.